The second-order valence-corrected chi connectivity index (χ2v) is 8.73. The fourth-order valence-electron chi connectivity index (χ4n) is 2.55. The van der Waals surface area contributed by atoms with E-state index >= 15 is 0 Å². The number of carbonyl (C=O) groups is 1. The maximum Gasteiger partial charge on any atom is 0.317 e. The quantitative estimate of drug-likeness (QED) is 0.874. The molecule has 0 aromatic carbocycles. The highest BCUT2D eigenvalue weighted by atomic mass is 32.2. The summed E-state index contributed by atoms with van der Waals surface area (Å²) in [5.74, 6) is 1.66. The predicted molar refractivity (Wildman–Crippen MR) is 96.0 cm³/mol. The van der Waals surface area contributed by atoms with E-state index in [9.17, 15) is 4.79 Å². The number of nitrogens with one attached hydrogen (secondary N) is 1. The van der Waals surface area contributed by atoms with E-state index < -0.39 is 0 Å². The second kappa shape index (κ2) is 7.68. The average Bonchev–Trinajstić information content (AvgIpc) is 3.12. The van der Waals surface area contributed by atoms with Gasteiger partial charge in [0.05, 0.1) is 16.7 Å². The normalized spacial score (nSPS) is 19.5. The number of carbonyl (C=O) groups excluding carboxylic acids is 1. The van der Waals surface area contributed by atoms with Crippen molar-refractivity contribution in [3.63, 3.8) is 0 Å². The van der Waals surface area contributed by atoms with E-state index in [4.69, 9.17) is 0 Å². The third-order valence-corrected chi connectivity index (χ3v) is 7.16. The van der Waals surface area contributed by atoms with Crippen molar-refractivity contribution >= 4 is 29.1 Å². The minimum atomic E-state index is 0.0129. The Balaban J connectivity index is 1.95. The van der Waals surface area contributed by atoms with E-state index in [1.54, 1.807) is 16.2 Å². The zero-order valence-corrected chi connectivity index (χ0v) is 15.8. The van der Waals surface area contributed by atoms with Gasteiger partial charge in [-0.15, -0.1) is 11.3 Å². The molecule has 1 aromatic heterocycles. The van der Waals surface area contributed by atoms with Crippen molar-refractivity contribution in [3.8, 4) is 0 Å². The van der Waals surface area contributed by atoms with E-state index in [0.717, 1.165) is 17.2 Å². The number of rotatable bonds is 5. The Kier molecular flexibility index (Phi) is 6.15. The average molecular weight is 342 g/mol. The molecule has 2 rings (SSSR count). The Labute approximate surface area is 142 Å². The number of aromatic nitrogens is 1. The van der Waals surface area contributed by atoms with Crippen LogP contribution in [0.15, 0.2) is 0 Å². The fraction of sp³-hybridized carbons (Fsp3) is 0.750. The zero-order valence-electron chi connectivity index (χ0n) is 14.2. The number of amides is 2. The molecule has 124 valence electrons. The molecule has 4 nitrogen and oxygen atoms in total. The minimum absolute atomic E-state index is 0.0129. The monoisotopic (exact) mass is 341 g/mol. The van der Waals surface area contributed by atoms with Gasteiger partial charge < -0.3 is 10.2 Å². The van der Waals surface area contributed by atoms with Crippen LogP contribution in [0.25, 0.3) is 0 Å². The molecule has 1 aliphatic heterocycles. The van der Waals surface area contributed by atoms with Crippen molar-refractivity contribution in [2.75, 3.05) is 19.3 Å². The largest absolute Gasteiger partial charge is 0.337 e. The van der Waals surface area contributed by atoms with Crippen molar-refractivity contribution in [1.29, 1.82) is 0 Å². The topological polar surface area (TPSA) is 45.2 Å². The molecule has 0 spiro atoms. The fourth-order valence-corrected chi connectivity index (χ4v) is 4.91. The minimum Gasteiger partial charge on any atom is -0.337 e. The van der Waals surface area contributed by atoms with Gasteiger partial charge in [0.2, 0.25) is 0 Å². The van der Waals surface area contributed by atoms with Crippen LogP contribution < -0.4 is 5.32 Å². The summed E-state index contributed by atoms with van der Waals surface area (Å²) in [5.41, 5.74) is 1.05. The van der Waals surface area contributed by atoms with Crippen LogP contribution in [0.2, 0.25) is 0 Å². The second-order valence-electron chi connectivity index (χ2n) is 6.26. The molecule has 6 heteroatoms. The first-order valence-electron chi connectivity index (χ1n) is 7.99. The van der Waals surface area contributed by atoms with Crippen LogP contribution in [-0.4, -0.2) is 40.5 Å². The summed E-state index contributed by atoms with van der Waals surface area (Å²) >= 11 is 3.70. The number of aryl methyl sites for hydroxylation is 1. The highest BCUT2D eigenvalue weighted by molar-refractivity contribution is 8.00. The highest BCUT2D eigenvalue weighted by Gasteiger charge is 2.23. The molecule has 2 amide bonds. The van der Waals surface area contributed by atoms with E-state index in [2.05, 4.69) is 31.1 Å². The number of hydrogen-bond donors (Lipinski definition) is 1. The first kappa shape index (κ1) is 17.6. The predicted octanol–water partition coefficient (Wildman–Crippen LogP) is 4.17. The lowest BCUT2D eigenvalue weighted by atomic mass is 10.2. The third kappa shape index (κ3) is 4.16. The molecule has 0 radical (unpaired) electrons. The van der Waals surface area contributed by atoms with Crippen LogP contribution in [-0.2, 0) is 0 Å². The molecule has 2 heterocycles. The molecule has 1 fully saturated rings. The molecule has 0 saturated carbocycles. The molecule has 0 aliphatic carbocycles. The molecule has 0 unspecified atom stereocenters. The van der Waals surface area contributed by atoms with Gasteiger partial charge in [0.1, 0.15) is 0 Å². The van der Waals surface area contributed by atoms with Gasteiger partial charge >= 0.3 is 6.03 Å². The van der Waals surface area contributed by atoms with Crippen LogP contribution in [0, 0.1) is 6.92 Å². The van der Waals surface area contributed by atoms with E-state index in [1.165, 1.54) is 23.5 Å². The molecule has 1 saturated heterocycles. The third-order valence-electron chi connectivity index (χ3n) is 4.13. The van der Waals surface area contributed by atoms with Crippen LogP contribution in [0.4, 0.5) is 4.79 Å². The summed E-state index contributed by atoms with van der Waals surface area (Å²) in [6.07, 6.45) is 2.49. The molecule has 2 atom stereocenters. The van der Waals surface area contributed by atoms with Gasteiger partial charge in [-0.25, -0.2) is 9.78 Å². The van der Waals surface area contributed by atoms with E-state index in [1.807, 2.05) is 25.7 Å². The van der Waals surface area contributed by atoms with Crippen LogP contribution in [0.1, 0.15) is 61.2 Å². The summed E-state index contributed by atoms with van der Waals surface area (Å²) in [6.45, 7) is 9.20. The molecular weight excluding hydrogens is 314 g/mol. The first-order valence-corrected chi connectivity index (χ1v) is 9.86. The van der Waals surface area contributed by atoms with Gasteiger partial charge in [0, 0.05) is 29.6 Å². The number of thiazole rings is 1. The van der Waals surface area contributed by atoms with Crippen molar-refractivity contribution in [1.82, 2.24) is 15.2 Å². The van der Waals surface area contributed by atoms with Gasteiger partial charge in [0.25, 0.3) is 0 Å². The zero-order chi connectivity index (χ0) is 16.3. The molecule has 1 N–H and O–H groups in total. The number of thioether (sulfide) groups is 1. The summed E-state index contributed by atoms with van der Waals surface area (Å²) < 4.78 is 0. The van der Waals surface area contributed by atoms with Crippen molar-refractivity contribution in [2.24, 2.45) is 0 Å². The lowest BCUT2D eigenvalue weighted by molar-refractivity contribution is 0.195. The molecule has 22 heavy (non-hydrogen) atoms. The summed E-state index contributed by atoms with van der Waals surface area (Å²) in [6, 6.07) is 0.0696. The Morgan fingerprint density at radius 1 is 1.45 bits per heavy atom. The lowest BCUT2D eigenvalue weighted by Crippen LogP contribution is -2.41. The Morgan fingerprint density at radius 3 is 2.73 bits per heavy atom. The Bertz CT molecular complexity index is 509. The smallest absolute Gasteiger partial charge is 0.317 e. The Morgan fingerprint density at radius 2 is 2.18 bits per heavy atom. The molecule has 0 bridgehead atoms. The Hall–Kier alpha value is -0.750. The van der Waals surface area contributed by atoms with Gasteiger partial charge in [-0.05, 0) is 32.4 Å². The maximum atomic E-state index is 12.4. The van der Waals surface area contributed by atoms with Crippen LogP contribution >= 0.6 is 23.1 Å². The van der Waals surface area contributed by atoms with Crippen molar-refractivity contribution < 1.29 is 4.79 Å². The number of urea groups is 1. The van der Waals surface area contributed by atoms with Crippen molar-refractivity contribution in [2.45, 2.75) is 57.7 Å². The van der Waals surface area contributed by atoms with Gasteiger partial charge in [0.15, 0.2) is 0 Å². The summed E-state index contributed by atoms with van der Waals surface area (Å²) in [7, 11) is 1.87. The highest BCUT2D eigenvalue weighted by Crippen LogP contribution is 2.32. The van der Waals surface area contributed by atoms with Crippen LogP contribution in [0.3, 0.4) is 0 Å². The first-order chi connectivity index (χ1) is 10.4. The van der Waals surface area contributed by atoms with Gasteiger partial charge in [-0.3, -0.25) is 0 Å². The molecular formula is C16H27N3OS2. The van der Waals surface area contributed by atoms with Crippen molar-refractivity contribution in [3.05, 3.63) is 15.6 Å². The van der Waals surface area contributed by atoms with Gasteiger partial charge in [-0.2, -0.15) is 11.8 Å². The lowest BCUT2D eigenvalue weighted by Gasteiger charge is -2.25. The number of nitrogens with zero attached hydrogens (tertiary/aromatic N) is 2. The maximum absolute atomic E-state index is 12.4. The number of hydrogen-bond acceptors (Lipinski definition) is 4. The SMILES string of the molecule is Cc1nc(C(C)C)sc1[C@@H](C)N(C)C(=O)NC[C@H]1CCCS1. The van der Waals surface area contributed by atoms with Gasteiger partial charge in [-0.1, -0.05) is 13.8 Å². The standard InChI is InChI=1S/C16H27N3OS2/c1-10(2)15-18-11(3)14(22-15)12(4)19(5)16(20)17-9-13-7-6-8-21-13/h10,12-13H,6-9H2,1-5H3,(H,17,20)/t12-,13-/m1/s1. The summed E-state index contributed by atoms with van der Waals surface area (Å²) in [5, 5.41) is 4.81. The van der Waals surface area contributed by atoms with E-state index in [-0.39, 0.29) is 12.1 Å². The summed E-state index contributed by atoms with van der Waals surface area (Å²) in [4.78, 5) is 20.0. The van der Waals surface area contributed by atoms with E-state index in [0.29, 0.717) is 11.2 Å². The van der Waals surface area contributed by atoms with Crippen LogP contribution in [0.5, 0.6) is 0 Å². The molecule has 1 aliphatic rings. The molecule has 1 aromatic rings.